The Bertz CT molecular complexity index is 692. The van der Waals surface area contributed by atoms with Gasteiger partial charge in [-0.2, -0.15) is 0 Å². The molecule has 6 nitrogen and oxygen atoms in total. The minimum atomic E-state index is -0.394. The molecule has 0 unspecified atom stereocenters. The lowest BCUT2D eigenvalue weighted by atomic mass is 10.0. The molecule has 0 aliphatic carbocycles. The van der Waals surface area contributed by atoms with Crippen LogP contribution in [-0.4, -0.2) is 44.7 Å². The molecular weight excluding hydrogens is 316 g/mol. The van der Waals surface area contributed by atoms with Crippen LogP contribution >= 0.6 is 0 Å². The predicted molar refractivity (Wildman–Crippen MR) is 98.2 cm³/mol. The summed E-state index contributed by atoms with van der Waals surface area (Å²) in [6.45, 7) is 6.68. The predicted octanol–water partition coefficient (Wildman–Crippen LogP) is 3.20. The summed E-state index contributed by atoms with van der Waals surface area (Å²) in [6, 6.07) is 7.76. The van der Waals surface area contributed by atoms with E-state index in [-0.39, 0.29) is 24.0 Å². The lowest BCUT2D eigenvalue weighted by Crippen LogP contribution is -2.46. The zero-order valence-corrected chi connectivity index (χ0v) is 15.2. The molecule has 2 heterocycles. The van der Waals surface area contributed by atoms with Gasteiger partial charge in [0.2, 0.25) is 0 Å². The van der Waals surface area contributed by atoms with Gasteiger partial charge in [-0.15, -0.1) is 0 Å². The Morgan fingerprint density at radius 3 is 2.84 bits per heavy atom. The highest BCUT2D eigenvalue weighted by molar-refractivity contribution is 5.77. The SMILES string of the molecule is CC(C)[C@@H](NC(=O)N1CCC[C@@H]1C[C@H](C)O)c1nc2ccccc2[nH]1. The number of hydrogen-bond acceptors (Lipinski definition) is 3. The average molecular weight is 344 g/mol. The fourth-order valence-corrected chi connectivity index (χ4v) is 3.63. The van der Waals surface area contributed by atoms with Crippen molar-refractivity contribution in [1.29, 1.82) is 0 Å². The van der Waals surface area contributed by atoms with Crippen LogP contribution in [0, 0.1) is 5.92 Å². The van der Waals surface area contributed by atoms with Crippen LogP contribution in [0.15, 0.2) is 24.3 Å². The Balaban J connectivity index is 1.76. The van der Waals surface area contributed by atoms with Crippen molar-refractivity contribution in [2.45, 2.75) is 58.2 Å². The van der Waals surface area contributed by atoms with Gasteiger partial charge in [0, 0.05) is 12.6 Å². The van der Waals surface area contributed by atoms with Crippen LogP contribution in [0.3, 0.4) is 0 Å². The molecule has 3 N–H and O–H groups in total. The molecule has 0 spiro atoms. The van der Waals surface area contributed by atoms with E-state index in [4.69, 9.17) is 0 Å². The minimum absolute atomic E-state index is 0.0673. The summed E-state index contributed by atoms with van der Waals surface area (Å²) < 4.78 is 0. The third kappa shape index (κ3) is 3.95. The van der Waals surface area contributed by atoms with Gasteiger partial charge < -0.3 is 20.3 Å². The maximum Gasteiger partial charge on any atom is 0.318 e. The number of aliphatic hydroxyl groups excluding tert-OH is 1. The van der Waals surface area contributed by atoms with Gasteiger partial charge in [-0.3, -0.25) is 0 Å². The lowest BCUT2D eigenvalue weighted by Gasteiger charge is -2.29. The number of likely N-dealkylation sites (tertiary alicyclic amines) is 1. The fraction of sp³-hybridized carbons (Fsp3) is 0.579. The van der Waals surface area contributed by atoms with Crippen LogP contribution in [0.2, 0.25) is 0 Å². The van der Waals surface area contributed by atoms with Crippen molar-refractivity contribution in [2.24, 2.45) is 5.92 Å². The summed E-state index contributed by atoms with van der Waals surface area (Å²) in [4.78, 5) is 22.7. The van der Waals surface area contributed by atoms with E-state index < -0.39 is 6.10 Å². The second kappa shape index (κ2) is 7.44. The highest BCUT2D eigenvalue weighted by Gasteiger charge is 2.32. The molecule has 1 aliphatic heterocycles. The third-order valence-electron chi connectivity index (χ3n) is 4.90. The molecule has 0 saturated carbocycles. The number of aromatic nitrogens is 2. The van der Waals surface area contributed by atoms with Crippen molar-refractivity contribution in [3.05, 3.63) is 30.1 Å². The number of rotatable bonds is 5. The number of carbonyl (C=O) groups is 1. The van der Waals surface area contributed by atoms with Gasteiger partial charge in [0.15, 0.2) is 0 Å². The average Bonchev–Trinajstić information content (AvgIpc) is 3.17. The number of imidazole rings is 1. The van der Waals surface area contributed by atoms with Gasteiger partial charge in [-0.05, 0) is 44.2 Å². The molecule has 1 fully saturated rings. The minimum Gasteiger partial charge on any atom is -0.393 e. The number of nitrogens with zero attached hydrogens (tertiary/aromatic N) is 2. The molecule has 1 aliphatic rings. The number of para-hydroxylation sites is 2. The van der Waals surface area contributed by atoms with Crippen LogP contribution in [0.25, 0.3) is 11.0 Å². The number of benzene rings is 1. The van der Waals surface area contributed by atoms with Crippen molar-refractivity contribution in [1.82, 2.24) is 20.2 Å². The van der Waals surface area contributed by atoms with E-state index in [2.05, 4.69) is 29.1 Å². The van der Waals surface area contributed by atoms with Gasteiger partial charge in [-0.25, -0.2) is 9.78 Å². The lowest BCUT2D eigenvalue weighted by molar-refractivity contribution is 0.136. The van der Waals surface area contributed by atoms with Crippen molar-refractivity contribution in [3.63, 3.8) is 0 Å². The quantitative estimate of drug-likeness (QED) is 0.779. The second-order valence-corrected chi connectivity index (χ2v) is 7.38. The summed E-state index contributed by atoms with van der Waals surface area (Å²) in [5.41, 5.74) is 1.89. The molecule has 1 saturated heterocycles. The highest BCUT2D eigenvalue weighted by Crippen LogP contribution is 2.25. The van der Waals surface area contributed by atoms with Crippen LogP contribution in [0.4, 0.5) is 4.79 Å². The monoisotopic (exact) mass is 344 g/mol. The molecule has 6 heteroatoms. The number of carbonyl (C=O) groups excluding carboxylic acids is 1. The highest BCUT2D eigenvalue weighted by atomic mass is 16.3. The maximum absolute atomic E-state index is 12.8. The van der Waals surface area contributed by atoms with Gasteiger partial charge in [0.05, 0.1) is 23.2 Å². The second-order valence-electron chi connectivity index (χ2n) is 7.38. The summed E-state index contributed by atoms with van der Waals surface area (Å²) >= 11 is 0. The number of aromatic amines is 1. The number of aliphatic hydroxyl groups is 1. The van der Waals surface area contributed by atoms with Crippen molar-refractivity contribution >= 4 is 17.1 Å². The number of hydrogen-bond donors (Lipinski definition) is 3. The van der Waals surface area contributed by atoms with Crippen LogP contribution in [0.1, 0.15) is 51.9 Å². The van der Waals surface area contributed by atoms with Crippen LogP contribution < -0.4 is 5.32 Å². The molecule has 2 amide bonds. The van der Waals surface area contributed by atoms with E-state index in [1.165, 1.54) is 0 Å². The molecule has 25 heavy (non-hydrogen) atoms. The number of urea groups is 1. The zero-order chi connectivity index (χ0) is 18.0. The Hall–Kier alpha value is -2.08. The first-order valence-electron chi connectivity index (χ1n) is 9.15. The molecule has 1 aromatic carbocycles. The van der Waals surface area contributed by atoms with Gasteiger partial charge >= 0.3 is 6.03 Å². The Morgan fingerprint density at radius 2 is 2.16 bits per heavy atom. The van der Waals surface area contributed by atoms with E-state index in [9.17, 15) is 9.90 Å². The fourth-order valence-electron chi connectivity index (χ4n) is 3.63. The third-order valence-corrected chi connectivity index (χ3v) is 4.90. The Kier molecular flexibility index (Phi) is 5.27. The molecule has 3 rings (SSSR count). The Morgan fingerprint density at radius 1 is 1.40 bits per heavy atom. The first kappa shape index (κ1) is 17.7. The first-order valence-corrected chi connectivity index (χ1v) is 9.15. The number of H-pyrrole nitrogens is 1. The van der Waals surface area contributed by atoms with Gasteiger partial charge in [0.1, 0.15) is 5.82 Å². The van der Waals surface area contributed by atoms with Gasteiger partial charge in [-0.1, -0.05) is 26.0 Å². The number of amides is 2. The maximum atomic E-state index is 12.8. The zero-order valence-electron chi connectivity index (χ0n) is 15.2. The normalized spacial score (nSPS) is 20.2. The largest absolute Gasteiger partial charge is 0.393 e. The molecule has 136 valence electrons. The molecule has 3 atom stereocenters. The van der Waals surface area contributed by atoms with Gasteiger partial charge in [0.25, 0.3) is 0 Å². The van der Waals surface area contributed by atoms with E-state index in [1.54, 1.807) is 6.92 Å². The van der Waals surface area contributed by atoms with Crippen molar-refractivity contribution in [3.8, 4) is 0 Å². The molecule has 0 bridgehead atoms. The topological polar surface area (TPSA) is 81.2 Å². The van der Waals surface area contributed by atoms with Crippen LogP contribution in [0.5, 0.6) is 0 Å². The summed E-state index contributed by atoms with van der Waals surface area (Å²) in [7, 11) is 0. The Labute approximate surface area is 148 Å². The standard InChI is InChI=1S/C19H28N4O2/c1-12(2)17(18-20-15-8-4-5-9-16(15)21-18)22-19(25)23-10-6-7-14(23)11-13(3)24/h4-5,8-9,12-14,17,24H,6-7,10-11H2,1-3H3,(H,20,21)(H,22,25)/t13-,14+,17+/m0/s1. The van der Waals surface area contributed by atoms with E-state index in [1.807, 2.05) is 29.2 Å². The van der Waals surface area contributed by atoms with Crippen molar-refractivity contribution < 1.29 is 9.90 Å². The molecule has 0 radical (unpaired) electrons. The number of fused-ring (bicyclic) bond motifs is 1. The summed E-state index contributed by atoms with van der Waals surface area (Å²) in [5.74, 6) is 0.998. The summed E-state index contributed by atoms with van der Waals surface area (Å²) in [5, 5.41) is 12.8. The first-order chi connectivity index (χ1) is 12.0. The van der Waals surface area contributed by atoms with Crippen LogP contribution in [-0.2, 0) is 0 Å². The molecule has 2 aromatic rings. The number of nitrogens with one attached hydrogen (secondary N) is 2. The molecular formula is C19H28N4O2. The van der Waals surface area contributed by atoms with E-state index >= 15 is 0 Å². The van der Waals surface area contributed by atoms with E-state index in [0.29, 0.717) is 6.42 Å². The van der Waals surface area contributed by atoms with Crippen molar-refractivity contribution in [2.75, 3.05) is 6.54 Å². The smallest absolute Gasteiger partial charge is 0.318 e. The summed E-state index contributed by atoms with van der Waals surface area (Å²) in [6.07, 6.45) is 2.18. The molecule has 1 aromatic heterocycles. The van der Waals surface area contributed by atoms with E-state index in [0.717, 1.165) is 36.2 Å².